The molecule has 1 aliphatic rings. The molecule has 0 aromatic heterocycles. The van der Waals surface area contributed by atoms with Crippen LogP contribution < -0.4 is 23.1 Å². The van der Waals surface area contributed by atoms with E-state index < -0.39 is 6.29 Å². The molecule has 0 spiro atoms. The fourth-order valence-electron chi connectivity index (χ4n) is 1.43. The highest BCUT2D eigenvalue weighted by atomic mass is 16.8. The molecule has 6 heteroatoms. The molecule has 1 fully saturated rings. The Labute approximate surface area is 77.5 Å². The van der Waals surface area contributed by atoms with E-state index in [4.69, 9.17) is 27.8 Å². The number of hydrogen-bond acceptors (Lipinski definition) is 6. The second-order valence-electron chi connectivity index (χ2n) is 3.32. The van der Waals surface area contributed by atoms with Gasteiger partial charge in [-0.05, 0) is 12.8 Å². The molecule has 8 N–H and O–H groups in total. The Hall–Kier alpha value is -0.240. The summed E-state index contributed by atoms with van der Waals surface area (Å²) in [6, 6.07) is -0.351. The Morgan fingerprint density at radius 3 is 2.69 bits per heavy atom. The van der Waals surface area contributed by atoms with Crippen LogP contribution in [0.25, 0.3) is 0 Å². The number of ether oxygens (including phenoxy) is 1. The van der Waals surface area contributed by atoms with E-state index in [1.165, 1.54) is 0 Å². The van der Waals surface area contributed by atoms with Crippen LogP contribution in [0, 0.1) is 0 Å². The summed E-state index contributed by atoms with van der Waals surface area (Å²) in [4.78, 5) is 4.58. The zero-order valence-corrected chi connectivity index (χ0v) is 7.56. The van der Waals surface area contributed by atoms with Crippen LogP contribution in [0.4, 0.5) is 0 Å². The lowest BCUT2D eigenvalue weighted by atomic mass is 9.99. The third-order valence-electron chi connectivity index (χ3n) is 2.33. The summed E-state index contributed by atoms with van der Waals surface area (Å²) in [5.74, 6) is 5.02. The predicted molar refractivity (Wildman–Crippen MR) is 48.2 cm³/mol. The molecule has 3 unspecified atom stereocenters. The van der Waals surface area contributed by atoms with Gasteiger partial charge in [-0.15, -0.1) is 0 Å². The van der Waals surface area contributed by atoms with Gasteiger partial charge in [0.05, 0.1) is 12.1 Å². The van der Waals surface area contributed by atoms with Crippen LogP contribution in [0.5, 0.6) is 0 Å². The SMILES string of the molecule is NCC(N)C1CCC(N)[C@@H](ON)O1. The van der Waals surface area contributed by atoms with Crippen molar-refractivity contribution in [3.8, 4) is 0 Å². The standard InChI is InChI=1S/C7H18N4O2/c8-3-5(10)6-2-1-4(9)7(12-6)13-11/h4-7H,1-3,8-11H2/t4?,5?,6?,7-/m1/s1. The molecular weight excluding hydrogens is 172 g/mol. The van der Waals surface area contributed by atoms with Crippen molar-refractivity contribution >= 4 is 0 Å². The summed E-state index contributed by atoms with van der Waals surface area (Å²) in [6.07, 6.45) is 0.939. The van der Waals surface area contributed by atoms with Gasteiger partial charge in [0.2, 0.25) is 0 Å². The van der Waals surface area contributed by atoms with Crippen LogP contribution in [0.1, 0.15) is 12.8 Å². The van der Waals surface area contributed by atoms with Crippen LogP contribution in [-0.2, 0) is 9.57 Å². The van der Waals surface area contributed by atoms with Crippen molar-refractivity contribution in [2.45, 2.75) is 37.3 Å². The van der Waals surface area contributed by atoms with Crippen molar-refractivity contribution in [1.29, 1.82) is 0 Å². The van der Waals surface area contributed by atoms with E-state index in [0.29, 0.717) is 6.54 Å². The second-order valence-corrected chi connectivity index (χ2v) is 3.32. The third-order valence-corrected chi connectivity index (χ3v) is 2.33. The zero-order chi connectivity index (χ0) is 9.84. The van der Waals surface area contributed by atoms with Crippen molar-refractivity contribution in [3.05, 3.63) is 0 Å². The summed E-state index contributed by atoms with van der Waals surface area (Å²) < 4.78 is 5.42. The number of rotatable bonds is 3. The molecule has 1 saturated heterocycles. The van der Waals surface area contributed by atoms with Crippen LogP contribution in [0.15, 0.2) is 0 Å². The fraction of sp³-hybridized carbons (Fsp3) is 1.00. The molecule has 0 amide bonds. The lowest BCUT2D eigenvalue weighted by Crippen LogP contribution is -2.53. The van der Waals surface area contributed by atoms with E-state index >= 15 is 0 Å². The van der Waals surface area contributed by atoms with Crippen molar-refractivity contribution in [2.24, 2.45) is 23.1 Å². The summed E-state index contributed by atoms with van der Waals surface area (Å²) in [5.41, 5.74) is 16.8. The Morgan fingerprint density at radius 2 is 2.15 bits per heavy atom. The van der Waals surface area contributed by atoms with Gasteiger partial charge in [0.15, 0.2) is 6.29 Å². The molecule has 1 rings (SSSR count). The average molecular weight is 190 g/mol. The first-order chi connectivity index (χ1) is 6.19. The lowest BCUT2D eigenvalue weighted by molar-refractivity contribution is -0.208. The molecule has 0 aromatic carbocycles. The Bertz CT molecular complexity index is 157. The molecule has 78 valence electrons. The average Bonchev–Trinajstić information content (AvgIpc) is 2.17. The van der Waals surface area contributed by atoms with Crippen LogP contribution in [0.3, 0.4) is 0 Å². The smallest absolute Gasteiger partial charge is 0.192 e. The van der Waals surface area contributed by atoms with E-state index in [9.17, 15) is 0 Å². The highest BCUT2D eigenvalue weighted by Gasteiger charge is 2.31. The maximum absolute atomic E-state index is 5.72. The highest BCUT2D eigenvalue weighted by molar-refractivity contribution is 4.82. The second kappa shape index (κ2) is 4.85. The summed E-state index contributed by atoms with van der Waals surface area (Å²) in [7, 11) is 0. The van der Waals surface area contributed by atoms with Gasteiger partial charge in [-0.1, -0.05) is 0 Å². The van der Waals surface area contributed by atoms with Crippen LogP contribution in [-0.4, -0.2) is 31.0 Å². The van der Waals surface area contributed by atoms with E-state index in [2.05, 4.69) is 4.84 Å². The van der Waals surface area contributed by atoms with Crippen LogP contribution in [0.2, 0.25) is 0 Å². The molecule has 1 heterocycles. The fourth-order valence-corrected chi connectivity index (χ4v) is 1.43. The first-order valence-electron chi connectivity index (χ1n) is 4.41. The summed E-state index contributed by atoms with van der Waals surface area (Å²) in [5, 5.41) is 0. The Morgan fingerprint density at radius 1 is 1.46 bits per heavy atom. The monoisotopic (exact) mass is 190 g/mol. The Kier molecular flexibility index (Phi) is 4.04. The first kappa shape index (κ1) is 10.8. The van der Waals surface area contributed by atoms with Gasteiger partial charge < -0.3 is 21.9 Å². The molecule has 6 nitrogen and oxygen atoms in total. The lowest BCUT2D eigenvalue weighted by Gasteiger charge is -2.35. The van der Waals surface area contributed by atoms with Gasteiger partial charge in [0.25, 0.3) is 0 Å². The van der Waals surface area contributed by atoms with Crippen molar-refractivity contribution in [2.75, 3.05) is 6.54 Å². The molecule has 0 saturated carbocycles. The van der Waals surface area contributed by atoms with Crippen molar-refractivity contribution < 1.29 is 9.57 Å². The highest BCUT2D eigenvalue weighted by Crippen LogP contribution is 2.19. The molecule has 0 aromatic rings. The summed E-state index contributed by atoms with van der Waals surface area (Å²) in [6.45, 7) is 0.386. The largest absolute Gasteiger partial charge is 0.344 e. The van der Waals surface area contributed by atoms with Crippen molar-refractivity contribution in [3.63, 3.8) is 0 Å². The number of nitrogens with two attached hydrogens (primary N) is 4. The quantitative estimate of drug-likeness (QED) is 0.381. The van der Waals surface area contributed by atoms with E-state index in [-0.39, 0.29) is 18.2 Å². The number of hydrogen-bond donors (Lipinski definition) is 4. The van der Waals surface area contributed by atoms with Gasteiger partial charge in [0, 0.05) is 12.6 Å². The maximum atomic E-state index is 5.72. The molecule has 13 heavy (non-hydrogen) atoms. The molecule has 4 atom stereocenters. The van der Waals surface area contributed by atoms with Gasteiger partial charge in [0.1, 0.15) is 0 Å². The van der Waals surface area contributed by atoms with Gasteiger partial charge in [-0.25, -0.2) is 5.90 Å². The molecule has 1 aliphatic heterocycles. The van der Waals surface area contributed by atoms with Crippen molar-refractivity contribution in [1.82, 2.24) is 0 Å². The third kappa shape index (κ3) is 2.60. The van der Waals surface area contributed by atoms with Gasteiger partial charge in [-0.2, -0.15) is 0 Å². The first-order valence-corrected chi connectivity index (χ1v) is 4.41. The van der Waals surface area contributed by atoms with Crippen LogP contribution >= 0.6 is 0 Å². The minimum absolute atomic E-state index is 0.0988. The maximum Gasteiger partial charge on any atom is 0.192 e. The normalized spacial score (nSPS) is 37.4. The predicted octanol–water partition coefficient (Wildman–Crippen LogP) is -2.00. The topological polar surface area (TPSA) is 123 Å². The van der Waals surface area contributed by atoms with E-state index in [1.807, 2.05) is 0 Å². The minimum Gasteiger partial charge on any atom is -0.344 e. The van der Waals surface area contributed by atoms with Gasteiger partial charge >= 0.3 is 0 Å². The summed E-state index contributed by atoms with van der Waals surface area (Å²) >= 11 is 0. The molecular formula is C7H18N4O2. The van der Waals surface area contributed by atoms with E-state index in [1.54, 1.807) is 0 Å². The minimum atomic E-state index is -0.559. The van der Waals surface area contributed by atoms with E-state index in [0.717, 1.165) is 12.8 Å². The molecule has 0 bridgehead atoms. The zero-order valence-electron chi connectivity index (χ0n) is 7.56. The Balaban J connectivity index is 2.44. The van der Waals surface area contributed by atoms with Gasteiger partial charge in [-0.3, -0.25) is 4.84 Å². The molecule has 0 aliphatic carbocycles. The molecule has 0 radical (unpaired) electrons.